The second-order valence-corrected chi connectivity index (χ2v) is 7.29. The molecule has 6 N–H and O–H groups in total. The van der Waals surface area contributed by atoms with Gasteiger partial charge in [-0.3, -0.25) is 30.0 Å². The van der Waals surface area contributed by atoms with Crippen LogP contribution in [0, 0.1) is 10.8 Å². The van der Waals surface area contributed by atoms with Crippen molar-refractivity contribution in [3.05, 3.63) is 0 Å². The Morgan fingerprint density at radius 3 is 1.21 bits per heavy atom. The van der Waals surface area contributed by atoms with E-state index in [0.29, 0.717) is 12.8 Å². The Hall–Kier alpha value is -1.80. The van der Waals surface area contributed by atoms with Gasteiger partial charge in [0.1, 0.15) is 11.6 Å². The van der Waals surface area contributed by atoms with Gasteiger partial charge in [0.05, 0.1) is 0 Å². The summed E-state index contributed by atoms with van der Waals surface area (Å²) in [5, 5.41) is 0. The zero-order valence-electron chi connectivity index (χ0n) is 15.0. The lowest BCUT2D eigenvalue weighted by Gasteiger charge is -2.22. The Morgan fingerprint density at radius 2 is 0.958 bits per heavy atom. The van der Waals surface area contributed by atoms with Crippen molar-refractivity contribution in [1.29, 1.82) is 0 Å². The van der Waals surface area contributed by atoms with Crippen molar-refractivity contribution in [1.82, 2.24) is 10.9 Å². The van der Waals surface area contributed by atoms with Crippen molar-refractivity contribution in [2.75, 3.05) is 0 Å². The molecule has 0 aliphatic heterocycles. The molecule has 0 aromatic rings. The van der Waals surface area contributed by atoms with Crippen molar-refractivity contribution >= 4 is 23.4 Å². The van der Waals surface area contributed by atoms with Gasteiger partial charge < -0.3 is 0 Å². The van der Waals surface area contributed by atoms with E-state index >= 15 is 0 Å². The molecule has 8 heteroatoms. The van der Waals surface area contributed by atoms with Crippen molar-refractivity contribution in [2.45, 2.75) is 66.2 Å². The zero-order chi connectivity index (χ0) is 19.0. The van der Waals surface area contributed by atoms with Gasteiger partial charge in [-0.05, 0) is 12.8 Å². The van der Waals surface area contributed by atoms with Crippen LogP contribution < -0.4 is 22.5 Å². The number of Topliss-reactive ketones (excluding diaryl/α,β-unsaturated/α-hetero) is 2. The highest BCUT2D eigenvalue weighted by Gasteiger charge is 2.28. The van der Waals surface area contributed by atoms with Crippen LogP contribution in [-0.4, -0.2) is 23.4 Å². The molecule has 0 saturated carbocycles. The minimum absolute atomic E-state index is 0.0693. The molecule has 2 amide bonds. The predicted octanol–water partition coefficient (Wildman–Crippen LogP) is 0.497. The summed E-state index contributed by atoms with van der Waals surface area (Å²) < 4.78 is 0. The maximum Gasteiger partial charge on any atom is 0.239 e. The summed E-state index contributed by atoms with van der Waals surface area (Å²) in [5.74, 6) is 9.40. The first-order chi connectivity index (χ1) is 11.0. The summed E-state index contributed by atoms with van der Waals surface area (Å²) in [6.07, 6.45) is 1.45. The Balaban J connectivity index is 4.17. The minimum Gasteiger partial charge on any atom is -0.300 e. The number of hydrazine groups is 2. The predicted molar refractivity (Wildman–Crippen MR) is 89.9 cm³/mol. The monoisotopic (exact) mass is 342 g/mol. The third kappa shape index (κ3) is 7.65. The molecule has 24 heavy (non-hydrogen) atoms. The molecule has 0 aliphatic rings. The van der Waals surface area contributed by atoms with Gasteiger partial charge in [0.15, 0.2) is 0 Å². The number of hydrogen-bond donors (Lipinski definition) is 4. The average Bonchev–Trinajstić information content (AvgIpc) is 2.54. The normalized spacial score (nSPS) is 11.8. The van der Waals surface area contributed by atoms with Gasteiger partial charge in [0, 0.05) is 36.5 Å². The number of ketones is 2. The molecular weight excluding hydrogens is 312 g/mol. The molecule has 0 aliphatic carbocycles. The van der Waals surface area contributed by atoms with E-state index in [9.17, 15) is 19.2 Å². The molecule has 0 spiro atoms. The van der Waals surface area contributed by atoms with E-state index in [-0.39, 0.29) is 49.1 Å². The second kappa shape index (κ2) is 9.48. The summed E-state index contributed by atoms with van der Waals surface area (Å²) >= 11 is 0. The smallest absolute Gasteiger partial charge is 0.239 e. The molecule has 0 aromatic carbocycles. The number of rotatable bonds is 11. The minimum atomic E-state index is -0.728. The third-order valence-electron chi connectivity index (χ3n) is 4.23. The second-order valence-electron chi connectivity index (χ2n) is 7.29. The van der Waals surface area contributed by atoms with E-state index in [2.05, 4.69) is 10.9 Å². The molecule has 0 unspecified atom stereocenters. The lowest BCUT2D eigenvalue weighted by atomic mass is 9.84. The van der Waals surface area contributed by atoms with E-state index < -0.39 is 10.8 Å². The molecule has 0 fully saturated rings. The number of nitrogens with one attached hydrogen (secondary N) is 2. The highest BCUT2D eigenvalue weighted by atomic mass is 16.2. The molecule has 0 rings (SSSR count). The van der Waals surface area contributed by atoms with Crippen LogP contribution in [0.3, 0.4) is 0 Å². The highest BCUT2D eigenvalue weighted by molar-refractivity contribution is 5.87. The average molecular weight is 342 g/mol. The fraction of sp³-hybridized carbons (Fsp3) is 0.750. The van der Waals surface area contributed by atoms with Crippen LogP contribution in [0.4, 0.5) is 0 Å². The summed E-state index contributed by atoms with van der Waals surface area (Å²) in [6.45, 7) is 6.83. The van der Waals surface area contributed by atoms with Crippen molar-refractivity contribution < 1.29 is 19.2 Å². The number of carbonyl (C=O) groups is 4. The topological polar surface area (TPSA) is 144 Å². The summed E-state index contributed by atoms with van der Waals surface area (Å²) in [4.78, 5) is 46.8. The molecular formula is C16H30N4O4. The van der Waals surface area contributed by atoms with E-state index in [1.807, 2.05) is 0 Å². The Morgan fingerprint density at radius 1 is 0.667 bits per heavy atom. The van der Waals surface area contributed by atoms with Crippen LogP contribution >= 0.6 is 0 Å². The first-order valence-electron chi connectivity index (χ1n) is 8.02. The Kier molecular flexibility index (Phi) is 8.77. The van der Waals surface area contributed by atoms with E-state index in [1.54, 1.807) is 27.7 Å². The number of hydrogen-bond acceptors (Lipinski definition) is 6. The van der Waals surface area contributed by atoms with Gasteiger partial charge in [-0.25, -0.2) is 11.7 Å². The van der Waals surface area contributed by atoms with E-state index in [1.165, 1.54) is 0 Å². The number of nitrogens with two attached hydrogens (primary N) is 2. The van der Waals surface area contributed by atoms with E-state index in [4.69, 9.17) is 11.7 Å². The lowest BCUT2D eigenvalue weighted by Crippen LogP contribution is -2.41. The molecule has 138 valence electrons. The van der Waals surface area contributed by atoms with Crippen LogP contribution in [0.2, 0.25) is 0 Å². The summed E-state index contributed by atoms with van der Waals surface area (Å²) in [6, 6.07) is 0. The van der Waals surface area contributed by atoms with Crippen LogP contribution in [0.15, 0.2) is 0 Å². The van der Waals surface area contributed by atoms with Gasteiger partial charge >= 0.3 is 0 Å². The molecule has 0 heterocycles. The molecule has 0 aromatic heterocycles. The fourth-order valence-electron chi connectivity index (χ4n) is 2.05. The molecule has 0 bridgehead atoms. The van der Waals surface area contributed by atoms with Crippen LogP contribution in [-0.2, 0) is 19.2 Å². The quantitative estimate of drug-likeness (QED) is 0.244. The lowest BCUT2D eigenvalue weighted by molar-refractivity contribution is -0.132. The van der Waals surface area contributed by atoms with E-state index in [0.717, 1.165) is 0 Å². The highest BCUT2D eigenvalue weighted by Crippen LogP contribution is 2.24. The van der Waals surface area contributed by atoms with Gasteiger partial charge in [-0.2, -0.15) is 0 Å². The summed E-state index contributed by atoms with van der Waals surface area (Å²) in [5.41, 5.74) is 2.70. The van der Waals surface area contributed by atoms with Gasteiger partial charge in [0.2, 0.25) is 11.8 Å². The van der Waals surface area contributed by atoms with Crippen LogP contribution in [0.25, 0.3) is 0 Å². The summed E-state index contributed by atoms with van der Waals surface area (Å²) in [7, 11) is 0. The first-order valence-corrected chi connectivity index (χ1v) is 8.02. The maximum absolute atomic E-state index is 11.9. The van der Waals surface area contributed by atoms with Crippen molar-refractivity contribution in [2.24, 2.45) is 22.5 Å². The molecule has 0 radical (unpaired) electrons. The zero-order valence-corrected chi connectivity index (χ0v) is 15.0. The standard InChI is InChI=1S/C16H30N4O4/c1-15(2,13(23)19-17)9-7-11(21)5-6-12(22)8-10-16(3,4)14(24)20-18/h5-10,17-18H2,1-4H3,(H,19,23)(H,20,24). The third-order valence-corrected chi connectivity index (χ3v) is 4.23. The molecule has 0 saturated heterocycles. The number of amides is 2. The van der Waals surface area contributed by atoms with Crippen LogP contribution in [0.5, 0.6) is 0 Å². The maximum atomic E-state index is 11.9. The van der Waals surface area contributed by atoms with Crippen molar-refractivity contribution in [3.63, 3.8) is 0 Å². The largest absolute Gasteiger partial charge is 0.300 e. The molecule has 0 atom stereocenters. The Bertz CT molecular complexity index is 442. The fourth-order valence-corrected chi connectivity index (χ4v) is 2.05. The first kappa shape index (κ1) is 22.2. The van der Waals surface area contributed by atoms with Gasteiger partial charge in [-0.15, -0.1) is 0 Å². The molecule has 8 nitrogen and oxygen atoms in total. The van der Waals surface area contributed by atoms with Crippen molar-refractivity contribution in [3.8, 4) is 0 Å². The van der Waals surface area contributed by atoms with Crippen LogP contribution in [0.1, 0.15) is 66.2 Å². The van der Waals surface area contributed by atoms with Gasteiger partial charge in [0.25, 0.3) is 0 Å². The van der Waals surface area contributed by atoms with Gasteiger partial charge in [-0.1, -0.05) is 27.7 Å². The number of carbonyl (C=O) groups excluding carboxylic acids is 4. The SMILES string of the molecule is CC(C)(CCC(=O)CCC(=O)CCC(C)(C)C(=O)NN)C(=O)NN. The Labute approximate surface area is 143 Å².